The number of methoxy groups -OCH3 is 1. The van der Waals surface area contributed by atoms with Crippen LogP contribution in [0.4, 0.5) is 0 Å². The molecule has 5 nitrogen and oxygen atoms in total. The van der Waals surface area contributed by atoms with Crippen LogP contribution in [0.15, 0.2) is 77.4 Å². The Hall–Kier alpha value is -3.60. The third-order valence-electron chi connectivity index (χ3n) is 3.62. The van der Waals surface area contributed by atoms with Crippen molar-refractivity contribution >= 4 is 17.8 Å². The van der Waals surface area contributed by atoms with Crippen LogP contribution in [0, 0.1) is 0 Å². The van der Waals surface area contributed by atoms with E-state index in [9.17, 15) is 9.59 Å². The normalized spacial score (nSPS) is 10.7. The number of hydrogen-bond donors (Lipinski definition) is 0. The molecule has 1 heterocycles. The van der Waals surface area contributed by atoms with Gasteiger partial charge >= 0.3 is 5.97 Å². The van der Waals surface area contributed by atoms with Gasteiger partial charge in [0, 0.05) is 11.1 Å². The van der Waals surface area contributed by atoms with Crippen molar-refractivity contribution in [3.8, 4) is 11.5 Å². The second-order valence-corrected chi connectivity index (χ2v) is 5.31. The number of esters is 1. The van der Waals surface area contributed by atoms with Crippen molar-refractivity contribution < 1.29 is 23.5 Å². The zero-order chi connectivity index (χ0) is 18.4. The van der Waals surface area contributed by atoms with Crippen LogP contribution in [-0.2, 0) is 0 Å². The van der Waals surface area contributed by atoms with Gasteiger partial charge in [-0.3, -0.25) is 4.79 Å². The second-order valence-electron chi connectivity index (χ2n) is 5.31. The lowest BCUT2D eigenvalue weighted by Gasteiger charge is -2.11. The van der Waals surface area contributed by atoms with Gasteiger partial charge in [-0.25, -0.2) is 4.79 Å². The number of rotatable bonds is 6. The molecule has 0 amide bonds. The molecule has 3 rings (SSSR count). The van der Waals surface area contributed by atoms with Crippen LogP contribution in [0.2, 0.25) is 0 Å². The van der Waals surface area contributed by atoms with Crippen LogP contribution >= 0.6 is 0 Å². The Labute approximate surface area is 150 Å². The van der Waals surface area contributed by atoms with E-state index in [4.69, 9.17) is 13.9 Å². The monoisotopic (exact) mass is 348 g/mol. The molecule has 1 aromatic heterocycles. The van der Waals surface area contributed by atoms with Crippen molar-refractivity contribution in [1.82, 2.24) is 0 Å². The summed E-state index contributed by atoms with van der Waals surface area (Å²) >= 11 is 0. The largest absolute Gasteiger partial charge is 0.493 e. The first kappa shape index (κ1) is 17.2. The Morgan fingerprint density at radius 2 is 1.77 bits per heavy atom. The van der Waals surface area contributed by atoms with Crippen LogP contribution in [0.3, 0.4) is 0 Å². The highest BCUT2D eigenvalue weighted by atomic mass is 16.6. The molecule has 0 aliphatic rings. The molecular weight excluding hydrogens is 332 g/mol. The molecule has 2 aromatic carbocycles. The minimum atomic E-state index is -0.650. The number of carbonyl (C=O) groups excluding carboxylic acids is 2. The molecule has 5 heteroatoms. The Morgan fingerprint density at radius 1 is 0.962 bits per heavy atom. The summed E-state index contributed by atoms with van der Waals surface area (Å²) in [6, 6.07) is 17.1. The molecule has 130 valence electrons. The Kier molecular flexibility index (Phi) is 5.29. The standard InChI is InChI=1S/C21H16O5/c1-24-18-10-5-9-16(12-13-17(22)15-7-3-2-4-8-15)20(18)26-21(23)19-11-6-14-25-19/h2-14H,1H3. The molecule has 0 aliphatic carbocycles. The number of ether oxygens (including phenoxy) is 2. The lowest BCUT2D eigenvalue weighted by molar-refractivity contribution is 0.0696. The van der Waals surface area contributed by atoms with Gasteiger partial charge in [0.05, 0.1) is 13.4 Å². The van der Waals surface area contributed by atoms with Crippen molar-refractivity contribution in [2.45, 2.75) is 0 Å². The van der Waals surface area contributed by atoms with E-state index in [1.807, 2.05) is 6.07 Å². The number of benzene rings is 2. The molecular formula is C21H16O5. The molecule has 0 aliphatic heterocycles. The molecule has 26 heavy (non-hydrogen) atoms. The predicted molar refractivity (Wildman–Crippen MR) is 96.5 cm³/mol. The molecule has 0 unspecified atom stereocenters. The van der Waals surface area contributed by atoms with Gasteiger partial charge in [0.1, 0.15) is 0 Å². The molecule has 0 radical (unpaired) electrons. The first-order valence-electron chi connectivity index (χ1n) is 7.89. The summed E-state index contributed by atoms with van der Waals surface area (Å²) in [7, 11) is 1.47. The summed E-state index contributed by atoms with van der Waals surface area (Å²) in [5, 5.41) is 0. The maximum atomic E-state index is 12.3. The van der Waals surface area contributed by atoms with E-state index >= 15 is 0 Å². The lowest BCUT2D eigenvalue weighted by Crippen LogP contribution is -2.09. The smallest absolute Gasteiger partial charge is 0.379 e. The summed E-state index contributed by atoms with van der Waals surface area (Å²) < 4.78 is 15.7. The molecule has 0 atom stereocenters. The Morgan fingerprint density at radius 3 is 2.46 bits per heavy atom. The zero-order valence-corrected chi connectivity index (χ0v) is 14.0. The first-order chi connectivity index (χ1) is 12.7. The Balaban J connectivity index is 1.88. The van der Waals surface area contributed by atoms with Crippen LogP contribution in [0.25, 0.3) is 6.08 Å². The van der Waals surface area contributed by atoms with E-state index in [1.54, 1.807) is 54.6 Å². The summed E-state index contributed by atoms with van der Waals surface area (Å²) in [5.74, 6) is -0.140. The van der Waals surface area contributed by atoms with E-state index in [0.29, 0.717) is 16.9 Å². The van der Waals surface area contributed by atoms with E-state index in [1.165, 1.54) is 25.5 Å². The third kappa shape index (κ3) is 3.89. The van der Waals surface area contributed by atoms with Crippen molar-refractivity contribution in [3.05, 3.63) is 89.9 Å². The molecule has 0 saturated carbocycles. The average Bonchev–Trinajstić information content (AvgIpc) is 3.22. The van der Waals surface area contributed by atoms with E-state index in [2.05, 4.69) is 0 Å². The average molecular weight is 348 g/mol. The van der Waals surface area contributed by atoms with Gasteiger partial charge < -0.3 is 13.9 Å². The van der Waals surface area contributed by atoms with Crippen molar-refractivity contribution in [3.63, 3.8) is 0 Å². The Bertz CT molecular complexity index is 924. The van der Waals surface area contributed by atoms with Crippen LogP contribution in [0.5, 0.6) is 11.5 Å². The highest BCUT2D eigenvalue weighted by molar-refractivity contribution is 6.07. The van der Waals surface area contributed by atoms with Gasteiger partial charge in [-0.2, -0.15) is 0 Å². The van der Waals surface area contributed by atoms with E-state index in [0.717, 1.165) is 0 Å². The lowest BCUT2D eigenvalue weighted by atomic mass is 10.1. The van der Waals surface area contributed by atoms with Crippen LogP contribution in [0.1, 0.15) is 26.5 Å². The number of hydrogen-bond acceptors (Lipinski definition) is 5. The molecule has 0 saturated heterocycles. The SMILES string of the molecule is COc1cccc(C=CC(=O)c2ccccc2)c1OC(=O)c1ccco1. The van der Waals surface area contributed by atoms with Gasteiger partial charge in [0.15, 0.2) is 17.3 Å². The number of para-hydroxylation sites is 1. The summed E-state index contributed by atoms with van der Waals surface area (Å²) in [6.07, 6.45) is 4.40. The quantitative estimate of drug-likeness (QED) is 0.286. The van der Waals surface area contributed by atoms with E-state index < -0.39 is 5.97 Å². The minimum absolute atomic E-state index is 0.0752. The van der Waals surface area contributed by atoms with Crippen molar-refractivity contribution in [2.24, 2.45) is 0 Å². The first-order valence-corrected chi connectivity index (χ1v) is 7.89. The molecule has 3 aromatic rings. The fourth-order valence-electron chi connectivity index (χ4n) is 2.34. The van der Waals surface area contributed by atoms with Gasteiger partial charge in [-0.1, -0.05) is 42.5 Å². The maximum absolute atomic E-state index is 12.3. The highest BCUT2D eigenvalue weighted by Gasteiger charge is 2.17. The second kappa shape index (κ2) is 7.98. The van der Waals surface area contributed by atoms with Crippen LogP contribution < -0.4 is 9.47 Å². The van der Waals surface area contributed by atoms with E-state index in [-0.39, 0.29) is 17.3 Å². The number of allylic oxidation sites excluding steroid dienone is 1. The fraction of sp³-hybridized carbons (Fsp3) is 0.0476. The van der Waals surface area contributed by atoms with Gasteiger partial charge in [-0.05, 0) is 30.4 Å². The predicted octanol–water partition coefficient (Wildman–Crippen LogP) is 4.40. The van der Waals surface area contributed by atoms with Gasteiger partial charge in [0.2, 0.25) is 5.76 Å². The molecule has 0 spiro atoms. The highest BCUT2D eigenvalue weighted by Crippen LogP contribution is 2.32. The molecule has 0 fully saturated rings. The fourth-order valence-corrected chi connectivity index (χ4v) is 2.34. The third-order valence-corrected chi connectivity index (χ3v) is 3.62. The molecule has 0 N–H and O–H groups in total. The topological polar surface area (TPSA) is 65.7 Å². The minimum Gasteiger partial charge on any atom is -0.493 e. The summed E-state index contributed by atoms with van der Waals surface area (Å²) in [6.45, 7) is 0. The van der Waals surface area contributed by atoms with Gasteiger partial charge in [0.25, 0.3) is 0 Å². The maximum Gasteiger partial charge on any atom is 0.379 e. The van der Waals surface area contributed by atoms with Crippen molar-refractivity contribution in [2.75, 3.05) is 7.11 Å². The van der Waals surface area contributed by atoms with Gasteiger partial charge in [-0.15, -0.1) is 0 Å². The summed E-state index contributed by atoms with van der Waals surface area (Å²) in [5.41, 5.74) is 1.11. The molecule has 0 bridgehead atoms. The number of ketones is 1. The summed E-state index contributed by atoms with van der Waals surface area (Å²) in [4.78, 5) is 24.4. The zero-order valence-electron chi connectivity index (χ0n) is 14.0. The van der Waals surface area contributed by atoms with Crippen LogP contribution in [-0.4, -0.2) is 18.9 Å². The number of furan rings is 1. The number of carbonyl (C=O) groups is 2. The van der Waals surface area contributed by atoms with Crippen molar-refractivity contribution in [1.29, 1.82) is 0 Å².